The lowest BCUT2D eigenvalue weighted by Crippen LogP contribution is -2.08. The molecule has 0 N–H and O–H groups in total. The van der Waals surface area contributed by atoms with E-state index < -0.39 is 0 Å². The van der Waals surface area contributed by atoms with Gasteiger partial charge in [0.25, 0.3) is 0 Å². The second-order valence-electron chi connectivity index (χ2n) is 3.85. The van der Waals surface area contributed by atoms with E-state index in [-0.39, 0.29) is 12.2 Å². The molecule has 0 saturated carbocycles. The zero-order valence-electron chi connectivity index (χ0n) is 9.26. The molecule has 0 bridgehead atoms. The van der Waals surface area contributed by atoms with Gasteiger partial charge in [0.05, 0.1) is 15.0 Å². The predicted octanol–water partition coefficient (Wildman–Crippen LogP) is 5.46. The Bertz CT molecular complexity index is 476. The highest BCUT2D eigenvalue weighted by Crippen LogP contribution is 2.43. The van der Waals surface area contributed by atoms with Crippen LogP contribution in [0.5, 0.6) is 5.75 Å². The monoisotopic (exact) mass is 502 g/mol. The molecule has 0 aliphatic carbocycles. The van der Waals surface area contributed by atoms with E-state index in [9.17, 15) is 0 Å². The van der Waals surface area contributed by atoms with Crippen LogP contribution in [0, 0.1) is 0 Å². The number of epoxide rings is 1. The van der Waals surface area contributed by atoms with E-state index in [0.717, 1.165) is 30.1 Å². The van der Waals surface area contributed by atoms with Gasteiger partial charge in [-0.25, -0.2) is 0 Å². The largest absolute Gasteiger partial charge is 0.488 e. The predicted molar refractivity (Wildman–Crippen MR) is 86.2 cm³/mol. The summed E-state index contributed by atoms with van der Waals surface area (Å²) in [5.41, 5.74) is 0. The Morgan fingerprint density at radius 2 is 1.89 bits per heavy atom. The quantitative estimate of drug-likeness (QED) is 0.229. The average Bonchev–Trinajstić information content (AvgIpc) is 3.05. The molecule has 0 spiro atoms. The number of benzene rings is 1. The molecule has 18 heavy (non-hydrogen) atoms. The Morgan fingerprint density at radius 3 is 2.56 bits per heavy atom. The minimum Gasteiger partial charge on any atom is -0.488 e. The first-order chi connectivity index (χ1) is 8.54. The molecule has 2 nitrogen and oxygen atoms in total. The summed E-state index contributed by atoms with van der Waals surface area (Å²) in [5, 5.41) is 0. The molecule has 0 radical (unpaired) electrons. The minimum atomic E-state index is 0.171. The van der Waals surface area contributed by atoms with Crippen LogP contribution in [0.2, 0.25) is 0 Å². The second-order valence-corrected chi connectivity index (χ2v) is 7.14. The van der Waals surface area contributed by atoms with Crippen LogP contribution in [-0.4, -0.2) is 18.8 Å². The molecule has 1 fully saturated rings. The molecule has 0 amide bonds. The number of hydrogen-bond donors (Lipinski definition) is 0. The third-order valence-corrected chi connectivity index (χ3v) is 6.41. The van der Waals surface area contributed by atoms with E-state index in [0.29, 0.717) is 6.61 Å². The summed E-state index contributed by atoms with van der Waals surface area (Å²) in [7, 11) is 0. The van der Waals surface area contributed by atoms with E-state index in [2.05, 4.69) is 70.3 Å². The molecule has 6 heteroatoms. The van der Waals surface area contributed by atoms with Crippen LogP contribution in [0.25, 0.3) is 0 Å². The van der Waals surface area contributed by atoms with Gasteiger partial charge >= 0.3 is 0 Å². The summed E-state index contributed by atoms with van der Waals surface area (Å²) in [6.45, 7) is 4.24. The van der Waals surface area contributed by atoms with Crippen molar-refractivity contribution in [3.8, 4) is 5.75 Å². The molecule has 0 aromatic heterocycles. The third kappa shape index (κ3) is 3.39. The Balaban J connectivity index is 2.02. The van der Waals surface area contributed by atoms with Crippen molar-refractivity contribution in [3.63, 3.8) is 0 Å². The van der Waals surface area contributed by atoms with Crippen molar-refractivity contribution in [1.29, 1.82) is 0 Å². The van der Waals surface area contributed by atoms with Crippen LogP contribution in [0.1, 0.15) is 6.42 Å². The van der Waals surface area contributed by atoms with Gasteiger partial charge in [0.2, 0.25) is 0 Å². The smallest absolute Gasteiger partial charge is 0.149 e. The van der Waals surface area contributed by atoms with E-state index in [1.165, 1.54) is 0 Å². The van der Waals surface area contributed by atoms with Crippen LogP contribution < -0.4 is 4.74 Å². The van der Waals surface area contributed by atoms with Gasteiger partial charge in [0.1, 0.15) is 18.5 Å². The van der Waals surface area contributed by atoms with Crippen molar-refractivity contribution in [2.75, 3.05) is 6.61 Å². The summed E-state index contributed by atoms with van der Waals surface area (Å²) >= 11 is 13.9. The van der Waals surface area contributed by atoms with Gasteiger partial charge in [-0.3, -0.25) is 0 Å². The first-order valence-corrected chi connectivity index (χ1v) is 8.44. The number of ether oxygens (including phenoxy) is 2. The van der Waals surface area contributed by atoms with Gasteiger partial charge in [-0.2, -0.15) is 0 Å². The van der Waals surface area contributed by atoms with Gasteiger partial charge in [0.15, 0.2) is 0 Å². The highest BCUT2D eigenvalue weighted by atomic mass is 79.9. The summed E-state index contributed by atoms with van der Waals surface area (Å²) in [5.74, 6) is 0.776. The first-order valence-electron chi connectivity index (χ1n) is 5.26. The molecule has 1 aliphatic rings. The van der Waals surface area contributed by atoms with Crippen LogP contribution in [-0.2, 0) is 4.74 Å². The summed E-state index contributed by atoms with van der Waals surface area (Å²) in [6, 6.07) is 1.94. The van der Waals surface area contributed by atoms with E-state index in [1.807, 2.05) is 12.1 Å². The lowest BCUT2D eigenvalue weighted by molar-refractivity contribution is 0.257. The average molecular weight is 506 g/mol. The normalized spacial score (nSPS) is 21.8. The Kier molecular flexibility index (Phi) is 5.34. The number of halogens is 4. The number of hydrogen-bond acceptors (Lipinski definition) is 2. The van der Waals surface area contributed by atoms with Crippen molar-refractivity contribution in [1.82, 2.24) is 0 Å². The van der Waals surface area contributed by atoms with Crippen molar-refractivity contribution >= 4 is 63.7 Å². The first kappa shape index (κ1) is 15.0. The van der Waals surface area contributed by atoms with Gasteiger partial charge in [0, 0.05) is 8.95 Å². The van der Waals surface area contributed by atoms with Crippen molar-refractivity contribution in [2.24, 2.45) is 0 Å². The van der Waals surface area contributed by atoms with Crippen LogP contribution >= 0.6 is 63.7 Å². The minimum absolute atomic E-state index is 0.171. The fourth-order valence-corrected chi connectivity index (χ4v) is 4.19. The third-order valence-electron chi connectivity index (χ3n) is 2.55. The fraction of sp³-hybridized carbons (Fsp3) is 0.333. The van der Waals surface area contributed by atoms with Crippen LogP contribution in [0.4, 0.5) is 0 Å². The second kappa shape index (κ2) is 6.39. The van der Waals surface area contributed by atoms with E-state index in [1.54, 1.807) is 0 Å². The molecule has 98 valence electrons. The van der Waals surface area contributed by atoms with Crippen LogP contribution in [0.3, 0.4) is 0 Å². The Hall–Kier alpha value is 0.640. The van der Waals surface area contributed by atoms with Gasteiger partial charge in [-0.1, -0.05) is 6.08 Å². The van der Waals surface area contributed by atoms with Crippen LogP contribution in [0.15, 0.2) is 36.6 Å². The molecule has 1 heterocycles. The summed E-state index contributed by atoms with van der Waals surface area (Å²) in [4.78, 5) is 0. The molecular weight excluding hydrogens is 496 g/mol. The number of rotatable bonds is 5. The summed E-state index contributed by atoms with van der Waals surface area (Å²) in [6.07, 6.45) is 3.18. The van der Waals surface area contributed by atoms with Crippen molar-refractivity contribution < 1.29 is 9.47 Å². The Labute approximate surface area is 140 Å². The van der Waals surface area contributed by atoms with E-state index in [4.69, 9.17) is 9.47 Å². The molecule has 2 atom stereocenters. The molecule has 1 aliphatic heterocycles. The lowest BCUT2D eigenvalue weighted by Gasteiger charge is -2.11. The maximum Gasteiger partial charge on any atom is 0.149 e. The van der Waals surface area contributed by atoms with E-state index >= 15 is 0 Å². The van der Waals surface area contributed by atoms with Gasteiger partial charge in [-0.05, 0) is 76.2 Å². The van der Waals surface area contributed by atoms with Crippen molar-refractivity contribution in [3.05, 3.63) is 36.6 Å². The highest BCUT2D eigenvalue weighted by Gasteiger charge is 2.38. The Morgan fingerprint density at radius 1 is 1.17 bits per heavy atom. The molecule has 2 rings (SSSR count). The highest BCUT2D eigenvalue weighted by molar-refractivity contribution is 9.14. The zero-order valence-corrected chi connectivity index (χ0v) is 15.6. The summed E-state index contributed by atoms with van der Waals surface area (Å²) < 4.78 is 14.9. The SMILES string of the molecule is C=CCC1OC1COc1c(Br)cc(Br)c(Br)c1Br. The van der Waals surface area contributed by atoms with Gasteiger partial charge < -0.3 is 9.47 Å². The molecule has 1 saturated heterocycles. The molecule has 1 aromatic rings. The topological polar surface area (TPSA) is 21.8 Å². The fourth-order valence-electron chi connectivity index (χ4n) is 1.54. The molecular formula is C12H10Br4O2. The molecule has 2 unspecified atom stereocenters. The zero-order chi connectivity index (χ0) is 13.3. The van der Waals surface area contributed by atoms with Gasteiger partial charge in [-0.15, -0.1) is 6.58 Å². The maximum absolute atomic E-state index is 5.80. The maximum atomic E-state index is 5.80. The standard InChI is InChI=1S/C12H10Br4O2/c1-2-3-8-9(18-8)5-17-12-7(14)4-6(13)10(15)11(12)16/h2,4,8-9H,1,3,5H2. The molecule has 1 aromatic carbocycles. The van der Waals surface area contributed by atoms with Crippen molar-refractivity contribution in [2.45, 2.75) is 18.6 Å². The lowest BCUT2D eigenvalue weighted by atomic mass is 10.2.